The van der Waals surface area contributed by atoms with Crippen molar-refractivity contribution in [1.29, 1.82) is 0 Å². The molecule has 0 bridgehead atoms. The highest BCUT2D eigenvalue weighted by Crippen LogP contribution is 2.18. The van der Waals surface area contributed by atoms with Crippen molar-refractivity contribution in [1.82, 2.24) is 15.5 Å². The number of nitrogens with zero attached hydrogens (tertiary/aromatic N) is 1. The zero-order chi connectivity index (χ0) is 13.8. The Morgan fingerprint density at radius 3 is 2.89 bits per heavy atom. The lowest BCUT2D eigenvalue weighted by Crippen LogP contribution is -2.58. The number of carbonyl (C=O) groups is 3. The van der Waals surface area contributed by atoms with Crippen LogP contribution in [0.5, 0.6) is 0 Å². The van der Waals surface area contributed by atoms with Crippen molar-refractivity contribution >= 4 is 17.7 Å². The molecule has 0 aliphatic carbocycles. The second-order valence-corrected chi connectivity index (χ2v) is 4.78. The van der Waals surface area contributed by atoms with Crippen LogP contribution in [0.4, 0.5) is 0 Å². The summed E-state index contributed by atoms with van der Waals surface area (Å²) < 4.78 is 5.27. The third kappa shape index (κ3) is 3.04. The topological polar surface area (TPSA) is 87.7 Å². The molecule has 0 aromatic heterocycles. The van der Waals surface area contributed by atoms with Crippen LogP contribution < -0.4 is 10.6 Å². The van der Waals surface area contributed by atoms with Crippen LogP contribution in [0.2, 0.25) is 0 Å². The molecule has 19 heavy (non-hydrogen) atoms. The highest BCUT2D eigenvalue weighted by Gasteiger charge is 2.36. The van der Waals surface area contributed by atoms with Crippen molar-refractivity contribution in [2.75, 3.05) is 33.4 Å². The van der Waals surface area contributed by atoms with Crippen LogP contribution in [-0.4, -0.2) is 62.0 Å². The Kier molecular flexibility index (Phi) is 4.36. The maximum atomic E-state index is 12.4. The Morgan fingerprint density at radius 1 is 1.47 bits per heavy atom. The van der Waals surface area contributed by atoms with Gasteiger partial charge in [0.2, 0.25) is 17.7 Å². The SMILES string of the molecule is CNC(=O)C1COCCN1C(=O)C1CCC(=O)NC1. The van der Waals surface area contributed by atoms with Gasteiger partial charge in [-0.2, -0.15) is 0 Å². The Bertz CT molecular complexity index is 375. The normalized spacial score (nSPS) is 27.6. The summed E-state index contributed by atoms with van der Waals surface area (Å²) in [6, 6.07) is -0.566. The van der Waals surface area contributed by atoms with Gasteiger partial charge in [0.05, 0.1) is 19.1 Å². The second kappa shape index (κ2) is 6.01. The van der Waals surface area contributed by atoms with Crippen molar-refractivity contribution in [3.8, 4) is 0 Å². The summed E-state index contributed by atoms with van der Waals surface area (Å²) in [6.07, 6.45) is 0.911. The van der Waals surface area contributed by atoms with E-state index in [4.69, 9.17) is 4.74 Å². The van der Waals surface area contributed by atoms with Crippen molar-refractivity contribution in [2.24, 2.45) is 5.92 Å². The minimum absolute atomic E-state index is 0.0196. The molecule has 2 N–H and O–H groups in total. The molecule has 2 fully saturated rings. The van der Waals surface area contributed by atoms with Crippen molar-refractivity contribution < 1.29 is 19.1 Å². The minimum Gasteiger partial charge on any atom is -0.377 e. The number of hydrogen-bond donors (Lipinski definition) is 2. The number of amides is 3. The number of carbonyl (C=O) groups excluding carboxylic acids is 3. The van der Waals surface area contributed by atoms with E-state index in [1.54, 1.807) is 11.9 Å². The van der Waals surface area contributed by atoms with E-state index in [2.05, 4.69) is 10.6 Å². The molecule has 3 amide bonds. The number of nitrogens with one attached hydrogen (secondary N) is 2. The Balaban J connectivity index is 2.03. The maximum Gasteiger partial charge on any atom is 0.244 e. The van der Waals surface area contributed by atoms with E-state index in [0.717, 1.165) is 0 Å². The van der Waals surface area contributed by atoms with Crippen LogP contribution in [0.1, 0.15) is 12.8 Å². The summed E-state index contributed by atoms with van der Waals surface area (Å²) in [7, 11) is 1.54. The van der Waals surface area contributed by atoms with Gasteiger partial charge in [-0.15, -0.1) is 0 Å². The molecule has 2 aliphatic heterocycles. The van der Waals surface area contributed by atoms with Crippen LogP contribution in [0.3, 0.4) is 0 Å². The third-order valence-electron chi connectivity index (χ3n) is 3.58. The van der Waals surface area contributed by atoms with Gasteiger partial charge in [-0.1, -0.05) is 0 Å². The molecule has 106 valence electrons. The number of piperidine rings is 1. The van der Waals surface area contributed by atoms with E-state index in [9.17, 15) is 14.4 Å². The summed E-state index contributed by atoms with van der Waals surface area (Å²) in [5, 5.41) is 5.24. The number of morpholine rings is 1. The molecule has 2 heterocycles. The van der Waals surface area contributed by atoms with E-state index < -0.39 is 6.04 Å². The van der Waals surface area contributed by atoms with Crippen LogP contribution in [0.25, 0.3) is 0 Å². The standard InChI is InChI=1S/C12H19N3O4/c1-13-11(17)9-7-19-5-4-15(9)12(18)8-2-3-10(16)14-6-8/h8-9H,2-7H2,1H3,(H,13,17)(H,14,16). The van der Waals surface area contributed by atoms with Crippen LogP contribution in [-0.2, 0) is 19.1 Å². The van der Waals surface area contributed by atoms with Gasteiger partial charge in [-0.25, -0.2) is 0 Å². The number of hydrogen-bond acceptors (Lipinski definition) is 4. The smallest absolute Gasteiger partial charge is 0.244 e. The van der Waals surface area contributed by atoms with Gasteiger partial charge in [0.1, 0.15) is 6.04 Å². The van der Waals surface area contributed by atoms with Gasteiger partial charge < -0.3 is 20.3 Å². The molecule has 0 aromatic rings. The fourth-order valence-electron chi connectivity index (χ4n) is 2.43. The van der Waals surface area contributed by atoms with Crippen LogP contribution in [0.15, 0.2) is 0 Å². The van der Waals surface area contributed by atoms with Crippen LogP contribution >= 0.6 is 0 Å². The second-order valence-electron chi connectivity index (χ2n) is 4.78. The highest BCUT2D eigenvalue weighted by molar-refractivity contribution is 5.90. The largest absolute Gasteiger partial charge is 0.377 e. The molecular formula is C12H19N3O4. The van der Waals surface area contributed by atoms with E-state index >= 15 is 0 Å². The summed E-state index contributed by atoms with van der Waals surface area (Å²) in [4.78, 5) is 36.9. The first-order chi connectivity index (χ1) is 9.13. The quantitative estimate of drug-likeness (QED) is 0.638. The summed E-state index contributed by atoms with van der Waals surface area (Å²) in [5.41, 5.74) is 0. The van der Waals surface area contributed by atoms with E-state index in [0.29, 0.717) is 32.5 Å². The van der Waals surface area contributed by atoms with E-state index in [-0.39, 0.29) is 30.2 Å². The Hall–Kier alpha value is -1.63. The molecule has 7 nitrogen and oxygen atoms in total. The minimum atomic E-state index is -0.566. The summed E-state index contributed by atoms with van der Waals surface area (Å²) in [6.45, 7) is 1.44. The molecule has 2 saturated heterocycles. The van der Waals surface area contributed by atoms with Gasteiger partial charge >= 0.3 is 0 Å². The van der Waals surface area contributed by atoms with E-state index in [1.165, 1.54) is 0 Å². The zero-order valence-corrected chi connectivity index (χ0v) is 11.0. The Morgan fingerprint density at radius 2 is 2.26 bits per heavy atom. The molecule has 0 saturated carbocycles. The summed E-state index contributed by atoms with van der Waals surface area (Å²) in [5.74, 6) is -0.540. The maximum absolute atomic E-state index is 12.4. The molecular weight excluding hydrogens is 250 g/mol. The lowest BCUT2D eigenvalue weighted by molar-refractivity contribution is -0.152. The molecule has 2 rings (SSSR count). The highest BCUT2D eigenvalue weighted by atomic mass is 16.5. The average Bonchev–Trinajstić information content (AvgIpc) is 2.46. The predicted octanol–water partition coefficient (Wildman–Crippen LogP) is -1.51. The fraction of sp³-hybridized carbons (Fsp3) is 0.750. The first kappa shape index (κ1) is 13.8. The molecule has 0 aromatic carbocycles. The number of rotatable bonds is 2. The van der Waals surface area contributed by atoms with Crippen molar-refractivity contribution in [3.63, 3.8) is 0 Å². The van der Waals surface area contributed by atoms with Gasteiger partial charge in [0.15, 0.2) is 0 Å². The van der Waals surface area contributed by atoms with Gasteiger partial charge in [0.25, 0.3) is 0 Å². The first-order valence-corrected chi connectivity index (χ1v) is 6.50. The molecule has 7 heteroatoms. The molecule has 2 unspecified atom stereocenters. The van der Waals surface area contributed by atoms with Crippen molar-refractivity contribution in [2.45, 2.75) is 18.9 Å². The van der Waals surface area contributed by atoms with Gasteiger partial charge in [-0.05, 0) is 6.42 Å². The third-order valence-corrected chi connectivity index (χ3v) is 3.58. The zero-order valence-electron chi connectivity index (χ0n) is 11.0. The summed E-state index contributed by atoms with van der Waals surface area (Å²) >= 11 is 0. The molecule has 0 radical (unpaired) electrons. The van der Waals surface area contributed by atoms with Crippen molar-refractivity contribution in [3.05, 3.63) is 0 Å². The number of ether oxygens (including phenoxy) is 1. The lowest BCUT2D eigenvalue weighted by atomic mass is 9.96. The Labute approximate surface area is 111 Å². The number of likely N-dealkylation sites (N-methyl/N-ethyl adjacent to an activating group) is 1. The van der Waals surface area contributed by atoms with Gasteiger partial charge in [-0.3, -0.25) is 14.4 Å². The first-order valence-electron chi connectivity index (χ1n) is 6.50. The van der Waals surface area contributed by atoms with Gasteiger partial charge in [0, 0.05) is 26.6 Å². The lowest BCUT2D eigenvalue weighted by Gasteiger charge is -2.37. The molecule has 0 spiro atoms. The predicted molar refractivity (Wildman–Crippen MR) is 66.1 cm³/mol. The molecule has 2 atom stereocenters. The molecule has 2 aliphatic rings. The monoisotopic (exact) mass is 269 g/mol. The van der Waals surface area contributed by atoms with Crippen LogP contribution in [0, 0.1) is 5.92 Å². The average molecular weight is 269 g/mol. The van der Waals surface area contributed by atoms with E-state index in [1.807, 2.05) is 0 Å². The fourth-order valence-corrected chi connectivity index (χ4v) is 2.43.